The standard InChI is InChI=1S/C24H26N4O4S2/c1-24(2,3)19-11-16(28-7-5-17(29)12-21(28)30)10-18-22(19)25-14-26-23(18)27-20-9-15(13-33-20)6-8-34(4,31)32/h5,7,9-11,13-14H,6,8,12H2,1-4H3,(H,25,26,27). The average Bonchev–Trinajstić information content (AvgIpc) is 3.18. The molecule has 0 fully saturated rings. The highest BCUT2D eigenvalue weighted by Crippen LogP contribution is 2.37. The molecule has 0 bridgehead atoms. The first kappa shape index (κ1) is 24.0. The van der Waals surface area contributed by atoms with Crippen molar-refractivity contribution in [1.29, 1.82) is 0 Å². The van der Waals surface area contributed by atoms with E-state index < -0.39 is 9.84 Å². The highest BCUT2D eigenvalue weighted by Gasteiger charge is 2.26. The number of carbonyl (C=O) groups excluding carboxylic acids is 2. The van der Waals surface area contributed by atoms with Crippen molar-refractivity contribution in [3.63, 3.8) is 0 Å². The molecule has 34 heavy (non-hydrogen) atoms. The van der Waals surface area contributed by atoms with Crippen LogP contribution in [0, 0.1) is 0 Å². The molecular weight excluding hydrogens is 472 g/mol. The number of rotatable bonds is 6. The maximum absolute atomic E-state index is 12.6. The number of nitrogens with zero attached hydrogens (tertiary/aromatic N) is 3. The number of nitrogens with one attached hydrogen (secondary N) is 1. The fourth-order valence-corrected chi connectivity index (χ4v) is 5.17. The molecule has 3 aromatic rings. The average molecular weight is 499 g/mol. The van der Waals surface area contributed by atoms with Crippen LogP contribution in [0.3, 0.4) is 0 Å². The van der Waals surface area contributed by atoms with Gasteiger partial charge < -0.3 is 5.32 Å². The van der Waals surface area contributed by atoms with Gasteiger partial charge >= 0.3 is 0 Å². The Labute approximate surface area is 202 Å². The molecule has 0 radical (unpaired) electrons. The smallest absolute Gasteiger partial charge is 0.238 e. The van der Waals surface area contributed by atoms with Crippen molar-refractivity contribution in [1.82, 2.24) is 9.97 Å². The van der Waals surface area contributed by atoms with E-state index >= 15 is 0 Å². The third kappa shape index (κ3) is 5.34. The van der Waals surface area contributed by atoms with Crippen molar-refractivity contribution in [3.05, 3.63) is 53.3 Å². The molecule has 1 aliphatic heterocycles. The maximum atomic E-state index is 12.6. The van der Waals surface area contributed by atoms with E-state index in [1.54, 1.807) is 0 Å². The zero-order chi connectivity index (χ0) is 24.7. The number of sulfone groups is 1. The normalized spacial score (nSPS) is 14.8. The lowest BCUT2D eigenvalue weighted by atomic mass is 9.85. The van der Waals surface area contributed by atoms with Gasteiger partial charge in [-0.15, -0.1) is 11.3 Å². The van der Waals surface area contributed by atoms with Gasteiger partial charge in [0.05, 0.1) is 22.7 Å². The minimum atomic E-state index is -3.04. The van der Waals surface area contributed by atoms with Crippen LogP contribution in [0.2, 0.25) is 0 Å². The predicted octanol–water partition coefficient (Wildman–Crippen LogP) is 4.14. The first-order valence-electron chi connectivity index (χ1n) is 10.8. The number of hydrogen-bond donors (Lipinski definition) is 1. The van der Waals surface area contributed by atoms with Gasteiger partial charge in [-0.2, -0.15) is 0 Å². The SMILES string of the molecule is CC(C)(C)c1cc(N2C=CC(=O)CC2=O)cc2c(Nc3cc(CCS(C)(=O)=O)cs3)ncnc12. The molecule has 1 amide bonds. The molecule has 0 unspecified atom stereocenters. The zero-order valence-electron chi connectivity index (χ0n) is 19.5. The lowest BCUT2D eigenvalue weighted by Gasteiger charge is -2.26. The van der Waals surface area contributed by atoms with E-state index in [2.05, 4.69) is 36.1 Å². The monoisotopic (exact) mass is 498 g/mol. The quantitative estimate of drug-likeness (QED) is 0.509. The Kier molecular flexibility index (Phi) is 6.30. The van der Waals surface area contributed by atoms with Gasteiger partial charge in [-0.25, -0.2) is 18.4 Å². The third-order valence-electron chi connectivity index (χ3n) is 5.47. The fourth-order valence-electron chi connectivity index (χ4n) is 3.72. The first-order valence-corrected chi connectivity index (χ1v) is 13.7. The molecule has 0 atom stereocenters. The third-order valence-corrected chi connectivity index (χ3v) is 7.31. The highest BCUT2D eigenvalue weighted by atomic mass is 32.2. The van der Waals surface area contributed by atoms with Gasteiger partial charge in [0.15, 0.2) is 5.78 Å². The number of allylic oxidation sites excluding steroid dienone is 1. The van der Waals surface area contributed by atoms with Crippen molar-refractivity contribution in [2.75, 3.05) is 22.2 Å². The molecule has 0 saturated carbocycles. The molecule has 10 heteroatoms. The summed E-state index contributed by atoms with van der Waals surface area (Å²) in [7, 11) is -3.04. The second kappa shape index (κ2) is 8.92. The van der Waals surface area contributed by atoms with Gasteiger partial charge in [-0.3, -0.25) is 14.5 Å². The van der Waals surface area contributed by atoms with Crippen LogP contribution < -0.4 is 10.2 Å². The second-order valence-corrected chi connectivity index (χ2v) is 12.6. The number of thiophene rings is 1. The van der Waals surface area contributed by atoms with Gasteiger partial charge in [0.25, 0.3) is 0 Å². The number of benzene rings is 1. The molecule has 0 saturated heterocycles. The number of fused-ring (bicyclic) bond motifs is 1. The number of aryl methyl sites for hydroxylation is 1. The minimum Gasteiger partial charge on any atom is -0.331 e. The maximum Gasteiger partial charge on any atom is 0.238 e. The first-order chi connectivity index (χ1) is 15.9. The number of carbonyl (C=O) groups is 2. The second-order valence-electron chi connectivity index (χ2n) is 9.41. The Morgan fingerprint density at radius 1 is 1.15 bits per heavy atom. The van der Waals surface area contributed by atoms with Crippen molar-refractivity contribution >= 4 is 60.3 Å². The molecule has 2 aromatic heterocycles. The Morgan fingerprint density at radius 3 is 2.59 bits per heavy atom. The summed E-state index contributed by atoms with van der Waals surface area (Å²) in [5, 5.41) is 6.83. The van der Waals surface area contributed by atoms with Crippen LogP contribution in [0.15, 0.2) is 42.2 Å². The molecule has 1 N–H and O–H groups in total. The van der Waals surface area contributed by atoms with Gasteiger partial charge in [-0.05, 0) is 52.6 Å². The molecule has 3 heterocycles. The van der Waals surface area contributed by atoms with Gasteiger partial charge in [-0.1, -0.05) is 20.8 Å². The summed E-state index contributed by atoms with van der Waals surface area (Å²) in [5.41, 5.74) is 3.03. The van der Waals surface area contributed by atoms with Crippen molar-refractivity contribution in [2.24, 2.45) is 0 Å². The van der Waals surface area contributed by atoms with Crippen LogP contribution in [0.4, 0.5) is 16.5 Å². The summed E-state index contributed by atoms with van der Waals surface area (Å²) in [6, 6.07) is 5.70. The highest BCUT2D eigenvalue weighted by molar-refractivity contribution is 7.90. The number of amides is 1. The summed E-state index contributed by atoms with van der Waals surface area (Å²) < 4.78 is 23.0. The molecule has 8 nitrogen and oxygen atoms in total. The van der Waals surface area contributed by atoms with E-state index in [0.717, 1.165) is 27.0 Å². The van der Waals surface area contributed by atoms with E-state index in [-0.39, 0.29) is 29.3 Å². The summed E-state index contributed by atoms with van der Waals surface area (Å²) in [6.07, 6.45) is 5.93. The lowest BCUT2D eigenvalue weighted by Crippen LogP contribution is -2.31. The van der Waals surface area contributed by atoms with Crippen molar-refractivity contribution in [2.45, 2.75) is 39.0 Å². The van der Waals surface area contributed by atoms with E-state index in [4.69, 9.17) is 0 Å². The fraction of sp³-hybridized carbons (Fsp3) is 0.333. The van der Waals surface area contributed by atoms with Crippen LogP contribution in [-0.4, -0.2) is 42.1 Å². The zero-order valence-corrected chi connectivity index (χ0v) is 21.1. The van der Waals surface area contributed by atoms with Crippen LogP contribution in [0.5, 0.6) is 0 Å². The van der Waals surface area contributed by atoms with E-state index in [1.165, 1.54) is 41.1 Å². The van der Waals surface area contributed by atoms with Crippen LogP contribution >= 0.6 is 11.3 Å². The summed E-state index contributed by atoms with van der Waals surface area (Å²) >= 11 is 1.47. The van der Waals surface area contributed by atoms with Gasteiger partial charge in [0, 0.05) is 23.5 Å². The van der Waals surface area contributed by atoms with Gasteiger partial charge in [0.2, 0.25) is 5.91 Å². The Morgan fingerprint density at radius 2 is 1.91 bits per heavy atom. The number of ketones is 1. The van der Waals surface area contributed by atoms with Crippen molar-refractivity contribution < 1.29 is 18.0 Å². The van der Waals surface area contributed by atoms with E-state index in [0.29, 0.717) is 17.9 Å². The number of anilines is 3. The topological polar surface area (TPSA) is 109 Å². The molecule has 0 aliphatic carbocycles. The largest absolute Gasteiger partial charge is 0.331 e. The van der Waals surface area contributed by atoms with E-state index in [9.17, 15) is 18.0 Å². The van der Waals surface area contributed by atoms with Crippen LogP contribution in [0.1, 0.15) is 38.3 Å². The Balaban J connectivity index is 1.76. The molecule has 4 rings (SSSR count). The summed E-state index contributed by atoms with van der Waals surface area (Å²) in [5.74, 6) is 0.177. The molecular formula is C24H26N4O4S2. The Bertz CT molecular complexity index is 1420. The lowest BCUT2D eigenvalue weighted by molar-refractivity contribution is -0.124. The van der Waals surface area contributed by atoms with Crippen molar-refractivity contribution in [3.8, 4) is 0 Å². The Hall–Kier alpha value is -3.11. The summed E-state index contributed by atoms with van der Waals surface area (Å²) in [4.78, 5) is 34.7. The van der Waals surface area contributed by atoms with Crippen LogP contribution in [-0.2, 0) is 31.3 Å². The minimum absolute atomic E-state index is 0.0950. The summed E-state index contributed by atoms with van der Waals surface area (Å²) in [6.45, 7) is 6.22. The van der Waals surface area contributed by atoms with E-state index in [1.807, 2.05) is 23.6 Å². The molecule has 1 aromatic carbocycles. The number of hydrogen-bond acceptors (Lipinski definition) is 8. The molecule has 0 spiro atoms. The van der Waals surface area contributed by atoms with Crippen LogP contribution in [0.25, 0.3) is 10.9 Å². The molecule has 1 aliphatic rings. The predicted molar refractivity (Wildman–Crippen MR) is 136 cm³/mol. The van der Waals surface area contributed by atoms with Gasteiger partial charge in [0.1, 0.15) is 22.0 Å². The molecule has 178 valence electrons. The number of aromatic nitrogens is 2.